The van der Waals surface area contributed by atoms with Crippen LogP contribution >= 0.6 is 0 Å². The summed E-state index contributed by atoms with van der Waals surface area (Å²) in [5, 5.41) is 6.63. The number of carbonyl (C=O) groups is 1. The van der Waals surface area contributed by atoms with Crippen molar-refractivity contribution in [1.29, 1.82) is 0 Å². The van der Waals surface area contributed by atoms with Crippen molar-refractivity contribution in [3.8, 4) is 11.5 Å². The van der Waals surface area contributed by atoms with E-state index in [9.17, 15) is 4.79 Å². The molecule has 1 amide bonds. The van der Waals surface area contributed by atoms with E-state index >= 15 is 0 Å². The SMILES string of the molecule is CN=C(NCC(C)Oc1ccc(OC)cc1)NCC1(C(=O)N(C)C)CCCC1. The number of nitrogens with one attached hydrogen (secondary N) is 2. The lowest BCUT2D eigenvalue weighted by Crippen LogP contribution is -2.50. The van der Waals surface area contributed by atoms with Crippen molar-refractivity contribution < 1.29 is 14.3 Å². The fourth-order valence-electron chi connectivity index (χ4n) is 3.63. The summed E-state index contributed by atoms with van der Waals surface area (Å²) in [6.07, 6.45) is 3.99. The van der Waals surface area contributed by atoms with Crippen molar-refractivity contribution in [3.63, 3.8) is 0 Å². The Labute approximate surface area is 168 Å². The highest BCUT2D eigenvalue weighted by atomic mass is 16.5. The third-order valence-electron chi connectivity index (χ3n) is 5.19. The molecule has 1 atom stereocenters. The normalized spacial score (nSPS) is 17.0. The zero-order valence-corrected chi connectivity index (χ0v) is 17.7. The van der Waals surface area contributed by atoms with Crippen LogP contribution in [0.25, 0.3) is 0 Å². The zero-order chi connectivity index (χ0) is 20.6. The summed E-state index contributed by atoms with van der Waals surface area (Å²) in [5.74, 6) is 2.47. The summed E-state index contributed by atoms with van der Waals surface area (Å²) >= 11 is 0. The van der Waals surface area contributed by atoms with E-state index in [1.165, 1.54) is 0 Å². The Kier molecular flexibility index (Phi) is 7.96. The van der Waals surface area contributed by atoms with Crippen LogP contribution in [0.5, 0.6) is 11.5 Å². The maximum Gasteiger partial charge on any atom is 0.230 e. The van der Waals surface area contributed by atoms with Gasteiger partial charge in [0.05, 0.1) is 19.1 Å². The molecule has 1 aromatic carbocycles. The lowest BCUT2D eigenvalue weighted by Gasteiger charge is -2.31. The molecule has 2 rings (SSSR count). The van der Waals surface area contributed by atoms with Gasteiger partial charge in [-0.05, 0) is 44.0 Å². The maximum absolute atomic E-state index is 12.7. The zero-order valence-electron chi connectivity index (χ0n) is 17.7. The van der Waals surface area contributed by atoms with Gasteiger partial charge in [-0.2, -0.15) is 0 Å². The second-order valence-corrected chi connectivity index (χ2v) is 7.60. The van der Waals surface area contributed by atoms with Crippen LogP contribution in [-0.2, 0) is 4.79 Å². The minimum atomic E-state index is -0.327. The molecule has 1 unspecified atom stereocenters. The van der Waals surface area contributed by atoms with E-state index in [-0.39, 0.29) is 17.4 Å². The summed E-state index contributed by atoms with van der Waals surface area (Å²) in [4.78, 5) is 18.7. The Morgan fingerprint density at radius 1 is 1.18 bits per heavy atom. The highest BCUT2D eigenvalue weighted by Gasteiger charge is 2.42. The topological polar surface area (TPSA) is 75.2 Å². The fourth-order valence-corrected chi connectivity index (χ4v) is 3.63. The van der Waals surface area contributed by atoms with Gasteiger partial charge in [-0.15, -0.1) is 0 Å². The highest BCUT2D eigenvalue weighted by molar-refractivity contribution is 5.85. The first kappa shape index (κ1) is 21.9. The molecule has 0 spiro atoms. The van der Waals surface area contributed by atoms with Crippen LogP contribution in [-0.4, -0.2) is 64.2 Å². The van der Waals surface area contributed by atoms with Crippen LogP contribution in [0.15, 0.2) is 29.3 Å². The quantitative estimate of drug-likeness (QED) is 0.526. The first-order valence-electron chi connectivity index (χ1n) is 9.87. The lowest BCUT2D eigenvalue weighted by atomic mass is 9.84. The van der Waals surface area contributed by atoms with E-state index in [2.05, 4.69) is 15.6 Å². The molecule has 2 N–H and O–H groups in total. The molecule has 0 heterocycles. The largest absolute Gasteiger partial charge is 0.497 e. The van der Waals surface area contributed by atoms with Gasteiger partial charge in [-0.25, -0.2) is 0 Å². The minimum absolute atomic E-state index is 0.0456. The lowest BCUT2D eigenvalue weighted by molar-refractivity contribution is -0.138. The van der Waals surface area contributed by atoms with Crippen molar-refractivity contribution in [3.05, 3.63) is 24.3 Å². The van der Waals surface area contributed by atoms with E-state index in [4.69, 9.17) is 9.47 Å². The van der Waals surface area contributed by atoms with Gasteiger partial charge < -0.3 is 25.0 Å². The van der Waals surface area contributed by atoms with Gasteiger partial charge in [0.2, 0.25) is 5.91 Å². The van der Waals surface area contributed by atoms with Crippen LogP contribution in [0.4, 0.5) is 0 Å². The molecular formula is C21H34N4O3. The number of hydrogen-bond donors (Lipinski definition) is 2. The number of nitrogens with zero attached hydrogens (tertiary/aromatic N) is 2. The molecule has 0 radical (unpaired) electrons. The predicted molar refractivity (Wildman–Crippen MR) is 112 cm³/mol. The number of amides is 1. The van der Waals surface area contributed by atoms with Gasteiger partial charge in [-0.1, -0.05) is 12.8 Å². The second-order valence-electron chi connectivity index (χ2n) is 7.60. The van der Waals surface area contributed by atoms with Gasteiger partial charge in [0.1, 0.15) is 17.6 Å². The van der Waals surface area contributed by atoms with Gasteiger partial charge in [0.15, 0.2) is 5.96 Å². The molecule has 0 bridgehead atoms. The number of methoxy groups -OCH3 is 1. The van der Waals surface area contributed by atoms with Crippen LogP contribution < -0.4 is 20.1 Å². The number of ether oxygens (including phenoxy) is 2. The van der Waals surface area contributed by atoms with Crippen LogP contribution in [0, 0.1) is 5.41 Å². The van der Waals surface area contributed by atoms with Crippen molar-refractivity contribution >= 4 is 11.9 Å². The Morgan fingerprint density at radius 2 is 1.79 bits per heavy atom. The second kappa shape index (κ2) is 10.2. The number of guanidine groups is 1. The fraction of sp³-hybridized carbons (Fsp3) is 0.619. The third kappa shape index (κ3) is 5.78. The van der Waals surface area contributed by atoms with Crippen molar-refractivity contribution in [2.45, 2.75) is 38.7 Å². The first-order chi connectivity index (χ1) is 13.4. The van der Waals surface area contributed by atoms with Gasteiger partial charge in [0, 0.05) is 27.7 Å². The van der Waals surface area contributed by atoms with E-state index in [1.807, 2.05) is 45.3 Å². The van der Waals surface area contributed by atoms with E-state index in [0.717, 1.165) is 37.2 Å². The summed E-state index contributed by atoms with van der Waals surface area (Å²) in [6.45, 7) is 3.19. The summed E-state index contributed by atoms with van der Waals surface area (Å²) in [6, 6.07) is 7.52. The average Bonchev–Trinajstić information content (AvgIpc) is 3.18. The molecule has 1 aliphatic rings. The molecular weight excluding hydrogens is 356 g/mol. The van der Waals surface area contributed by atoms with E-state index in [0.29, 0.717) is 19.0 Å². The number of hydrogen-bond acceptors (Lipinski definition) is 4. The Bertz CT molecular complexity index is 652. The summed E-state index contributed by atoms with van der Waals surface area (Å²) in [7, 11) is 7.03. The molecule has 1 aliphatic carbocycles. The molecule has 0 aromatic heterocycles. The molecule has 156 valence electrons. The Morgan fingerprint density at radius 3 is 2.32 bits per heavy atom. The van der Waals surface area contributed by atoms with E-state index < -0.39 is 0 Å². The van der Waals surface area contributed by atoms with Gasteiger partial charge in [0.25, 0.3) is 0 Å². The number of carbonyl (C=O) groups excluding carboxylic acids is 1. The van der Waals surface area contributed by atoms with Crippen molar-refractivity contribution in [2.75, 3.05) is 41.3 Å². The maximum atomic E-state index is 12.7. The number of rotatable bonds is 8. The third-order valence-corrected chi connectivity index (χ3v) is 5.19. The first-order valence-corrected chi connectivity index (χ1v) is 9.87. The molecule has 7 heteroatoms. The van der Waals surface area contributed by atoms with E-state index in [1.54, 1.807) is 19.1 Å². The molecule has 1 aromatic rings. The summed E-state index contributed by atoms with van der Waals surface area (Å²) < 4.78 is 11.1. The van der Waals surface area contributed by atoms with Crippen LogP contribution in [0.2, 0.25) is 0 Å². The molecule has 28 heavy (non-hydrogen) atoms. The molecule has 1 saturated carbocycles. The minimum Gasteiger partial charge on any atom is -0.497 e. The van der Waals surface area contributed by atoms with Gasteiger partial charge >= 0.3 is 0 Å². The van der Waals surface area contributed by atoms with Gasteiger partial charge in [-0.3, -0.25) is 9.79 Å². The molecule has 7 nitrogen and oxygen atoms in total. The van der Waals surface area contributed by atoms with Crippen LogP contribution in [0.3, 0.4) is 0 Å². The Hall–Kier alpha value is -2.44. The molecule has 0 aliphatic heterocycles. The smallest absolute Gasteiger partial charge is 0.230 e. The van der Waals surface area contributed by atoms with Crippen molar-refractivity contribution in [2.24, 2.45) is 10.4 Å². The number of aliphatic imine (C=N–C) groups is 1. The molecule has 0 saturated heterocycles. The highest BCUT2D eigenvalue weighted by Crippen LogP contribution is 2.38. The van der Waals surface area contributed by atoms with Crippen molar-refractivity contribution in [1.82, 2.24) is 15.5 Å². The van der Waals surface area contributed by atoms with Crippen LogP contribution in [0.1, 0.15) is 32.6 Å². The monoisotopic (exact) mass is 390 g/mol. The molecule has 1 fully saturated rings. The standard InChI is InChI=1S/C21H34N4O3/c1-16(28-18-10-8-17(27-5)9-11-18)14-23-20(22-2)24-15-21(12-6-7-13-21)19(26)25(3)4/h8-11,16H,6-7,12-15H2,1-5H3,(H2,22,23,24). The summed E-state index contributed by atoms with van der Waals surface area (Å²) in [5.41, 5.74) is -0.327. The Balaban J connectivity index is 1.83. The predicted octanol–water partition coefficient (Wildman–Crippen LogP) is 2.28. The number of benzene rings is 1. The average molecular weight is 391 g/mol.